The van der Waals surface area contributed by atoms with Crippen molar-refractivity contribution in [3.05, 3.63) is 29.8 Å². The first-order valence-corrected chi connectivity index (χ1v) is 13.0. The van der Waals surface area contributed by atoms with Crippen molar-refractivity contribution in [1.29, 1.82) is 0 Å². The predicted molar refractivity (Wildman–Crippen MR) is 127 cm³/mol. The third-order valence-electron chi connectivity index (χ3n) is 3.86. The molecule has 10 heteroatoms. The number of epoxide rings is 4. The SMILES string of the molecule is C1CO1.C1CO1.C1CO1.C1CO1.CCCCCCCCCc1ccccc1O.O=S(=O)(O)O. The Bertz CT molecular complexity index is 602. The molecule has 4 aliphatic rings. The van der Waals surface area contributed by atoms with Crippen molar-refractivity contribution in [2.75, 3.05) is 52.9 Å². The molecule has 4 heterocycles. The van der Waals surface area contributed by atoms with Crippen LogP contribution >= 0.6 is 0 Å². The van der Waals surface area contributed by atoms with Gasteiger partial charge in [0.25, 0.3) is 0 Å². The highest BCUT2D eigenvalue weighted by atomic mass is 32.3. The van der Waals surface area contributed by atoms with Crippen molar-refractivity contribution in [3.63, 3.8) is 0 Å². The minimum atomic E-state index is -4.67. The van der Waals surface area contributed by atoms with Crippen molar-refractivity contribution >= 4 is 10.4 Å². The smallest absolute Gasteiger partial charge is 0.394 e. The van der Waals surface area contributed by atoms with Crippen LogP contribution in [0.25, 0.3) is 0 Å². The number of para-hydroxylation sites is 1. The van der Waals surface area contributed by atoms with Gasteiger partial charge in [0.15, 0.2) is 0 Å². The number of benzene rings is 1. The van der Waals surface area contributed by atoms with Gasteiger partial charge in [0.05, 0.1) is 52.9 Å². The van der Waals surface area contributed by atoms with Gasteiger partial charge in [0.2, 0.25) is 0 Å². The van der Waals surface area contributed by atoms with Crippen LogP contribution in [0.3, 0.4) is 0 Å². The maximum Gasteiger partial charge on any atom is 0.394 e. The summed E-state index contributed by atoms with van der Waals surface area (Å²) in [7, 11) is -4.67. The van der Waals surface area contributed by atoms with E-state index in [2.05, 4.69) is 25.9 Å². The largest absolute Gasteiger partial charge is 0.508 e. The van der Waals surface area contributed by atoms with Gasteiger partial charge in [-0.15, -0.1) is 0 Å². The normalized spacial score (nSPS) is 15.6. The lowest BCUT2D eigenvalue weighted by molar-refractivity contribution is 0.381. The predicted octanol–water partition coefficient (Wildman–Crippen LogP) is 4.10. The van der Waals surface area contributed by atoms with E-state index >= 15 is 0 Å². The quantitative estimate of drug-likeness (QED) is 0.276. The molecule has 0 bridgehead atoms. The van der Waals surface area contributed by atoms with Gasteiger partial charge < -0.3 is 24.1 Å². The number of unbranched alkanes of at least 4 members (excludes halogenated alkanes) is 6. The molecule has 0 unspecified atom stereocenters. The van der Waals surface area contributed by atoms with Crippen LogP contribution in [0.2, 0.25) is 0 Å². The van der Waals surface area contributed by atoms with E-state index in [4.69, 9.17) is 17.5 Å². The number of hydrogen-bond acceptors (Lipinski definition) is 7. The van der Waals surface area contributed by atoms with Gasteiger partial charge in [-0.3, -0.25) is 9.11 Å². The van der Waals surface area contributed by atoms with Crippen LogP contribution in [-0.4, -0.2) is 75.5 Å². The minimum absolute atomic E-state index is 0.452. The molecule has 5 rings (SSSR count). The van der Waals surface area contributed by atoms with Gasteiger partial charge in [-0.1, -0.05) is 63.6 Å². The van der Waals surface area contributed by atoms with Crippen LogP contribution in [0.1, 0.15) is 57.4 Å². The van der Waals surface area contributed by atoms with Gasteiger partial charge in [0.1, 0.15) is 5.75 Å². The standard InChI is InChI=1S/C15H24O.4C2H4O.H2O4S/c1-2-3-4-5-6-7-8-11-14-12-9-10-13-15(14)16;4*1-2-3-1;1-5(2,3)4/h9-10,12-13,16H,2-8,11H2,1H3;4*1-2H2;(H2,1,2,3,4). The van der Waals surface area contributed by atoms with E-state index in [9.17, 15) is 5.11 Å². The van der Waals surface area contributed by atoms with Crippen molar-refractivity contribution in [2.24, 2.45) is 0 Å². The topological polar surface area (TPSA) is 145 Å². The van der Waals surface area contributed by atoms with Gasteiger partial charge in [0, 0.05) is 0 Å². The fourth-order valence-corrected chi connectivity index (χ4v) is 1.99. The number of rotatable bonds is 8. The van der Waals surface area contributed by atoms with Gasteiger partial charge >= 0.3 is 10.4 Å². The molecule has 3 N–H and O–H groups in total. The zero-order valence-corrected chi connectivity index (χ0v) is 20.6. The Labute approximate surface area is 199 Å². The number of phenolic OH excluding ortho intramolecular Hbond substituents is 1. The molecule has 4 saturated heterocycles. The molecule has 4 aliphatic heterocycles. The molecule has 4 fully saturated rings. The molecule has 194 valence electrons. The van der Waals surface area contributed by atoms with Gasteiger partial charge in [-0.05, 0) is 24.5 Å². The van der Waals surface area contributed by atoms with Crippen LogP contribution in [0.15, 0.2) is 24.3 Å². The highest BCUT2D eigenvalue weighted by Crippen LogP contribution is 2.18. The Morgan fingerprint density at radius 1 is 0.697 bits per heavy atom. The fourth-order valence-electron chi connectivity index (χ4n) is 1.99. The number of phenols is 1. The summed E-state index contributed by atoms with van der Waals surface area (Å²) >= 11 is 0. The summed E-state index contributed by atoms with van der Waals surface area (Å²) in [5, 5.41) is 9.58. The number of aryl methyl sites for hydroxylation is 1. The Balaban J connectivity index is 0.000000475. The van der Waals surface area contributed by atoms with Crippen molar-refractivity contribution in [2.45, 2.75) is 58.3 Å². The van der Waals surface area contributed by atoms with E-state index in [0.717, 1.165) is 64.8 Å². The Hall–Kier alpha value is -1.27. The van der Waals surface area contributed by atoms with E-state index < -0.39 is 10.4 Å². The summed E-state index contributed by atoms with van der Waals surface area (Å²) in [6, 6.07) is 7.67. The molecular weight excluding hydrogens is 452 g/mol. The fraction of sp³-hybridized carbons (Fsp3) is 0.739. The Morgan fingerprint density at radius 3 is 1.36 bits per heavy atom. The molecular formula is C23H42O9S. The second-order valence-corrected chi connectivity index (χ2v) is 8.29. The maximum absolute atomic E-state index is 9.58. The molecule has 0 aromatic heterocycles. The molecule has 0 saturated carbocycles. The van der Waals surface area contributed by atoms with Crippen molar-refractivity contribution < 1.29 is 41.6 Å². The molecule has 0 atom stereocenters. The van der Waals surface area contributed by atoms with Crippen LogP contribution in [-0.2, 0) is 35.8 Å². The second kappa shape index (κ2) is 22.5. The van der Waals surface area contributed by atoms with E-state index in [1.54, 1.807) is 6.07 Å². The molecule has 33 heavy (non-hydrogen) atoms. The lowest BCUT2D eigenvalue weighted by atomic mass is 10.0. The average molecular weight is 495 g/mol. The first kappa shape index (κ1) is 31.7. The Kier molecular flexibility index (Phi) is 21.7. The summed E-state index contributed by atoms with van der Waals surface area (Å²) in [5.41, 5.74) is 1.09. The number of ether oxygens (including phenoxy) is 4. The Morgan fingerprint density at radius 2 is 1.03 bits per heavy atom. The summed E-state index contributed by atoms with van der Waals surface area (Å²) in [5.74, 6) is 0.452. The van der Waals surface area contributed by atoms with E-state index in [0.29, 0.717) is 5.75 Å². The van der Waals surface area contributed by atoms with Crippen molar-refractivity contribution in [3.8, 4) is 5.75 Å². The molecule has 1 aromatic rings. The molecule has 0 radical (unpaired) electrons. The first-order chi connectivity index (χ1) is 15.8. The third kappa shape index (κ3) is 49.1. The van der Waals surface area contributed by atoms with Gasteiger partial charge in [-0.25, -0.2) is 0 Å². The summed E-state index contributed by atoms with van der Waals surface area (Å²) in [4.78, 5) is 0. The average Bonchev–Trinajstić information content (AvgIpc) is 3.60. The highest BCUT2D eigenvalue weighted by molar-refractivity contribution is 7.79. The minimum Gasteiger partial charge on any atom is -0.508 e. The highest BCUT2D eigenvalue weighted by Gasteiger charge is 1.99. The van der Waals surface area contributed by atoms with Crippen LogP contribution in [0.4, 0.5) is 0 Å². The molecule has 1 aromatic carbocycles. The van der Waals surface area contributed by atoms with Gasteiger partial charge in [-0.2, -0.15) is 8.42 Å². The monoisotopic (exact) mass is 494 g/mol. The lowest BCUT2D eigenvalue weighted by Crippen LogP contribution is -1.89. The molecule has 9 nitrogen and oxygen atoms in total. The number of aromatic hydroxyl groups is 1. The zero-order chi connectivity index (χ0) is 24.6. The second-order valence-electron chi connectivity index (χ2n) is 7.40. The first-order valence-electron chi connectivity index (χ1n) is 11.6. The van der Waals surface area contributed by atoms with Crippen LogP contribution in [0.5, 0.6) is 5.75 Å². The van der Waals surface area contributed by atoms with Crippen LogP contribution < -0.4 is 0 Å². The summed E-state index contributed by atoms with van der Waals surface area (Å²) < 4.78 is 49.6. The summed E-state index contributed by atoms with van der Waals surface area (Å²) in [6.07, 6.45) is 10.3. The van der Waals surface area contributed by atoms with E-state index in [1.165, 1.54) is 44.9 Å². The molecule has 0 aliphatic carbocycles. The van der Waals surface area contributed by atoms with E-state index in [-0.39, 0.29) is 0 Å². The number of hydrogen-bond donors (Lipinski definition) is 3. The van der Waals surface area contributed by atoms with Crippen LogP contribution in [0, 0.1) is 0 Å². The van der Waals surface area contributed by atoms with Crippen molar-refractivity contribution in [1.82, 2.24) is 0 Å². The molecule has 0 amide bonds. The third-order valence-corrected chi connectivity index (χ3v) is 3.86. The maximum atomic E-state index is 9.58. The van der Waals surface area contributed by atoms with E-state index in [1.807, 2.05) is 18.2 Å². The zero-order valence-electron chi connectivity index (χ0n) is 19.8. The molecule has 0 spiro atoms. The summed E-state index contributed by atoms with van der Waals surface area (Å²) in [6.45, 7) is 10.2. The lowest BCUT2D eigenvalue weighted by Gasteiger charge is -2.04.